The zero-order valence-corrected chi connectivity index (χ0v) is 8.62. The Morgan fingerprint density at radius 1 is 1.31 bits per heavy atom. The van der Waals surface area contributed by atoms with Gasteiger partial charge < -0.3 is 5.11 Å². The summed E-state index contributed by atoms with van der Waals surface area (Å²) in [6, 6.07) is 7.59. The van der Waals surface area contributed by atoms with Crippen LogP contribution in [-0.4, -0.2) is 5.11 Å². The number of rotatable bonds is 3. The Morgan fingerprint density at radius 2 is 2.00 bits per heavy atom. The molecule has 0 unspecified atom stereocenters. The number of phenolic OH excluding ortho intramolecular Hbond substituents is 1. The average Bonchev–Trinajstić information content (AvgIpc) is 2.04. The van der Waals surface area contributed by atoms with E-state index < -0.39 is 0 Å². The van der Waals surface area contributed by atoms with E-state index in [0.29, 0.717) is 17.6 Å². The predicted molar refractivity (Wildman–Crippen MR) is 56.0 cm³/mol. The van der Waals surface area contributed by atoms with E-state index >= 15 is 0 Å². The van der Waals surface area contributed by atoms with E-state index in [1.165, 1.54) is 5.56 Å². The molecule has 0 aliphatic carbocycles. The molecule has 0 aliphatic heterocycles. The van der Waals surface area contributed by atoms with Gasteiger partial charge >= 0.3 is 0 Å². The van der Waals surface area contributed by atoms with Crippen LogP contribution in [0.4, 0.5) is 0 Å². The predicted octanol–water partition coefficient (Wildman–Crippen LogP) is 3.54. The molecule has 72 valence electrons. The summed E-state index contributed by atoms with van der Waals surface area (Å²) in [4.78, 5) is 0. The van der Waals surface area contributed by atoms with Gasteiger partial charge in [-0.25, -0.2) is 0 Å². The number of hydrogen-bond donors (Lipinski definition) is 1. The fourth-order valence-corrected chi connectivity index (χ4v) is 1.85. The molecule has 1 nitrogen and oxygen atoms in total. The first kappa shape index (κ1) is 10.1. The lowest BCUT2D eigenvalue weighted by Gasteiger charge is -2.19. The van der Waals surface area contributed by atoms with Crippen molar-refractivity contribution in [2.45, 2.75) is 33.1 Å². The molecule has 1 rings (SSSR count). The van der Waals surface area contributed by atoms with Crippen LogP contribution in [0.2, 0.25) is 0 Å². The van der Waals surface area contributed by atoms with Crippen molar-refractivity contribution in [3.63, 3.8) is 0 Å². The summed E-state index contributed by atoms with van der Waals surface area (Å²) in [5.41, 5.74) is 1.25. The lowest BCUT2D eigenvalue weighted by atomic mass is 9.86. The van der Waals surface area contributed by atoms with Crippen LogP contribution in [0, 0.1) is 5.92 Å². The van der Waals surface area contributed by atoms with Gasteiger partial charge in [0, 0.05) is 0 Å². The number of hydrogen-bond acceptors (Lipinski definition) is 1. The van der Waals surface area contributed by atoms with Crippen LogP contribution in [0.3, 0.4) is 0 Å². The van der Waals surface area contributed by atoms with Crippen LogP contribution < -0.4 is 0 Å². The van der Waals surface area contributed by atoms with Crippen LogP contribution in [0.1, 0.15) is 38.7 Å². The van der Waals surface area contributed by atoms with Gasteiger partial charge in [-0.2, -0.15) is 0 Å². The molecule has 0 aromatic heterocycles. The molecule has 0 heterocycles. The zero-order chi connectivity index (χ0) is 9.84. The summed E-state index contributed by atoms with van der Waals surface area (Å²) in [6.45, 7) is 6.63. The van der Waals surface area contributed by atoms with Crippen LogP contribution in [0.5, 0.6) is 5.75 Å². The quantitative estimate of drug-likeness (QED) is 0.750. The van der Waals surface area contributed by atoms with E-state index in [9.17, 15) is 5.11 Å². The van der Waals surface area contributed by atoms with Gasteiger partial charge in [0.15, 0.2) is 0 Å². The highest BCUT2D eigenvalue weighted by Crippen LogP contribution is 2.29. The molecular weight excluding hydrogens is 160 g/mol. The molecule has 0 fully saturated rings. The van der Waals surface area contributed by atoms with Gasteiger partial charge in [0.2, 0.25) is 0 Å². The van der Waals surface area contributed by atoms with Crippen molar-refractivity contribution in [1.29, 1.82) is 0 Å². The molecule has 0 saturated heterocycles. The Balaban J connectivity index is 2.91. The fourth-order valence-electron chi connectivity index (χ4n) is 1.85. The van der Waals surface area contributed by atoms with Crippen molar-refractivity contribution in [1.82, 2.24) is 0 Å². The van der Waals surface area contributed by atoms with Crippen LogP contribution in [0.25, 0.3) is 0 Å². The average molecular weight is 178 g/mol. The Morgan fingerprint density at radius 3 is 2.46 bits per heavy atom. The molecule has 1 heteroatoms. The lowest BCUT2D eigenvalue weighted by molar-refractivity contribution is 0.462. The molecule has 1 aromatic carbocycles. The van der Waals surface area contributed by atoms with Gasteiger partial charge in [0.25, 0.3) is 0 Å². The molecule has 13 heavy (non-hydrogen) atoms. The van der Waals surface area contributed by atoms with Gasteiger partial charge in [-0.3, -0.25) is 0 Å². The largest absolute Gasteiger partial charge is 0.508 e. The molecule has 1 atom stereocenters. The SMILES string of the molecule is CC[C@H](c1cccc(O)c1)C(C)C. The number of phenols is 1. The molecule has 0 aliphatic rings. The summed E-state index contributed by atoms with van der Waals surface area (Å²) in [6.07, 6.45) is 1.13. The van der Waals surface area contributed by atoms with Crippen LogP contribution in [-0.2, 0) is 0 Å². The van der Waals surface area contributed by atoms with Gasteiger partial charge in [-0.1, -0.05) is 32.9 Å². The second-order valence-corrected chi connectivity index (χ2v) is 3.85. The molecule has 0 amide bonds. The molecule has 1 aromatic rings. The molecular formula is C12H18O. The topological polar surface area (TPSA) is 20.2 Å². The van der Waals surface area contributed by atoms with E-state index in [0.717, 1.165) is 6.42 Å². The number of aromatic hydroxyl groups is 1. The lowest BCUT2D eigenvalue weighted by Crippen LogP contribution is -2.04. The maximum Gasteiger partial charge on any atom is 0.115 e. The summed E-state index contributed by atoms with van der Waals surface area (Å²) >= 11 is 0. The molecule has 0 radical (unpaired) electrons. The molecule has 1 N–H and O–H groups in total. The van der Waals surface area contributed by atoms with Crippen molar-refractivity contribution >= 4 is 0 Å². The molecule has 0 spiro atoms. The summed E-state index contributed by atoms with van der Waals surface area (Å²) in [7, 11) is 0. The standard InChI is InChI=1S/C12H18O/c1-4-12(9(2)3)10-6-5-7-11(13)8-10/h5-9,12-13H,4H2,1-3H3/t12-/m0/s1. The third-order valence-corrected chi connectivity index (χ3v) is 2.54. The Hall–Kier alpha value is -0.980. The summed E-state index contributed by atoms with van der Waals surface area (Å²) in [5, 5.41) is 9.34. The third kappa shape index (κ3) is 2.48. The maximum absolute atomic E-state index is 9.34. The van der Waals surface area contributed by atoms with Gasteiger partial charge in [0.05, 0.1) is 0 Å². The minimum Gasteiger partial charge on any atom is -0.508 e. The Kier molecular flexibility index (Phi) is 3.35. The third-order valence-electron chi connectivity index (χ3n) is 2.54. The second kappa shape index (κ2) is 4.31. The summed E-state index contributed by atoms with van der Waals surface area (Å²) < 4.78 is 0. The Labute approximate surface area is 80.4 Å². The van der Waals surface area contributed by atoms with Crippen LogP contribution in [0.15, 0.2) is 24.3 Å². The minimum atomic E-state index is 0.372. The summed E-state index contributed by atoms with van der Waals surface area (Å²) in [5.74, 6) is 1.57. The first-order valence-electron chi connectivity index (χ1n) is 4.94. The second-order valence-electron chi connectivity index (χ2n) is 3.85. The monoisotopic (exact) mass is 178 g/mol. The normalized spacial score (nSPS) is 13.2. The van der Waals surface area contributed by atoms with E-state index in [4.69, 9.17) is 0 Å². The highest BCUT2D eigenvalue weighted by atomic mass is 16.3. The number of benzene rings is 1. The smallest absolute Gasteiger partial charge is 0.115 e. The maximum atomic E-state index is 9.34. The Bertz CT molecular complexity index is 266. The van der Waals surface area contributed by atoms with Crippen molar-refractivity contribution in [2.75, 3.05) is 0 Å². The molecule has 0 saturated carbocycles. The van der Waals surface area contributed by atoms with Crippen molar-refractivity contribution in [2.24, 2.45) is 5.92 Å². The molecule has 0 bridgehead atoms. The van der Waals surface area contributed by atoms with Gasteiger partial charge in [-0.05, 0) is 36.0 Å². The van der Waals surface area contributed by atoms with E-state index in [2.05, 4.69) is 26.8 Å². The highest BCUT2D eigenvalue weighted by Gasteiger charge is 2.13. The van der Waals surface area contributed by atoms with Crippen LogP contribution >= 0.6 is 0 Å². The van der Waals surface area contributed by atoms with E-state index in [-0.39, 0.29) is 0 Å². The van der Waals surface area contributed by atoms with Gasteiger partial charge in [-0.15, -0.1) is 0 Å². The first-order valence-corrected chi connectivity index (χ1v) is 4.94. The minimum absolute atomic E-state index is 0.372. The van der Waals surface area contributed by atoms with Gasteiger partial charge in [0.1, 0.15) is 5.75 Å². The van der Waals surface area contributed by atoms with Crippen molar-refractivity contribution in [3.8, 4) is 5.75 Å². The fraction of sp³-hybridized carbons (Fsp3) is 0.500. The van der Waals surface area contributed by atoms with Crippen molar-refractivity contribution in [3.05, 3.63) is 29.8 Å². The van der Waals surface area contributed by atoms with Crippen molar-refractivity contribution < 1.29 is 5.11 Å². The highest BCUT2D eigenvalue weighted by molar-refractivity contribution is 5.29. The first-order chi connectivity index (χ1) is 6.15. The van der Waals surface area contributed by atoms with E-state index in [1.54, 1.807) is 6.07 Å². The zero-order valence-electron chi connectivity index (χ0n) is 8.62. The van der Waals surface area contributed by atoms with E-state index in [1.807, 2.05) is 12.1 Å².